The Morgan fingerprint density at radius 1 is 1.00 bits per heavy atom. The summed E-state index contributed by atoms with van der Waals surface area (Å²) >= 11 is 0. The van der Waals surface area contributed by atoms with Crippen molar-refractivity contribution in [3.05, 3.63) is 36.0 Å². The van der Waals surface area contributed by atoms with E-state index in [0.29, 0.717) is 29.0 Å². The Morgan fingerprint density at radius 2 is 1.72 bits per heavy atom. The van der Waals surface area contributed by atoms with E-state index in [1.54, 1.807) is 6.20 Å². The second-order valence-electron chi connectivity index (χ2n) is 8.91. The van der Waals surface area contributed by atoms with Gasteiger partial charge in [-0.3, -0.25) is 4.57 Å². The molecule has 3 N–H and O–H groups in total. The number of benzene rings is 1. The minimum Gasteiger partial charge on any atom is -0.396 e. The number of hydrogen-bond donors (Lipinski definition) is 3. The number of aromatic nitrogens is 4. The molecule has 7 nitrogen and oxygen atoms in total. The van der Waals surface area contributed by atoms with Crippen LogP contribution in [0, 0.1) is 17.6 Å². The smallest absolute Gasteiger partial charge is 0.224 e. The second-order valence-corrected chi connectivity index (χ2v) is 8.91. The molecule has 3 aromatic rings. The summed E-state index contributed by atoms with van der Waals surface area (Å²) in [6.45, 7) is 0.244. The highest BCUT2D eigenvalue weighted by atomic mass is 19.1. The van der Waals surface area contributed by atoms with Crippen molar-refractivity contribution in [3.63, 3.8) is 0 Å². The molecule has 2 saturated carbocycles. The lowest BCUT2D eigenvalue weighted by atomic mass is 9.87. The summed E-state index contributed by atoms with van der Waals surface area (Å²) in [5.41, 5.74) is 1.04. The first-order valence-electron chi connectivity index (χ1n) is 11.5. The molecule has 170 valence electrons. The van der Waals surface area contributed by atoms with Crippen LogP contribution in [0.5, 0.6) is 0 Å². The Morgan fingerprint density at radius 3 is 2.41 bits per heavy atom. The van der Waals surface area contributed by atoms with Gasteiger partial charge in [0, 0.05) is 18.7 Å². The molecule has 0 atom stereocenters. The maximum atomic E-state index is 14.3. The van der Waals surface area contributed by atoms with E-state index in [4.69, 9.17) is 4.98 Å². The number of aliphatic hydroxyl groups excluding tert-OH is 1. The lowest BCUT2D eigenvalue weighted by Gasteiger charge is -2.27. The molecule has 5 rings (SSSR count). The molecule has 0 bridgehead atoms. The Bertz CT molecular complexity index is 1070. The van der Waals surface area contributed by atoms with Gasteiger partial charge in [0.25, 0.3) is 0 Å². The Kier molecular flexibility index (Phi) is 5.91. The van der Waals surface area contributed by atoms with Gasteiger partial charge in [-0.25, -0.2) is 18.7 Å². The van der Waals surface area contributed by atoms with Gasteiger partial charge in [-0.1, -0.05) is 18.9 Å². The first-order valence-corrected chi connectivity index (χ1v) is 11.5. The molecule has 9 heteroatoms. The zero-order chi connectivity index (χ0) is 22.1. The number of anilines is 3. The molecule has 2 aliphatic rings. The Hall–Kier alpha value is -2.81. The number of halogens is 2. The van der Waals surface area contributed by atoms with Crippen LogP contribution in [0.15, 0.2) is 24.4 Å². The molecule has 0 spiro atoms. The average molecular weight is 443 g/mol. The third-order valence-corrected chi connectivity index (χ3v) is 6.76. The molecule has 0 aliphatic heterocycles. The summed E-state index contributed by atoms with van der Waals surface area (Å²) in [6.07, 6.45) is 9.71. The maximum absolute atomic E-state index is 14.3. The zero-order valence-electron chi connectivity index (χ0n) is 17.9. The van der Waals surface area contributed by atoms with Gasteiger partial charge in [0.15, 0.2) is 5.65 Å². The zero-order valence-corrected chi connectivity index (χ0v) is 17.9. The van der Waals surface area contributed by atoms with Crippen LogP contribution < -0.4 is 10.6 Å². The quantitative estimate of drug-likeness (QED) is 0.502. The van der Waals surface area contributed by atoms with E-state index in [1.165, 1.54) is 18.2 Å². The highest BCUT2D eigenvalue weighted by Gasteiger charge is 2.26. The van der Waals surface area contributed by atoms with Crippen molar-refractivity contribution < 1.29 is 13.9 Å². The number of nitrogens with zero attached hydrogens (tertiary/aromatic N) is 4. The summed E-state index contributed by atoms with van der Waals surface area (Å²) in [4.78, 5) is 13.8. The monoisotopic (exact) mass is 442 g/mol. The van der Waals surface area contributed by atoms with Crippen molar-refractivity contribution in [1.29, 1.82) is 0 Å². The highest BCUT2D eigenvalue weighted by molar-refractivity contribution is 5.76. The van der Waals surface area contributed by atoms with Crippen LogP contribution in [-0.4, -0.2) is 37.3 Å². The molecular formula is C23H28F2N6O. The number of rotatable bonds is 6. The number of nitrogens with one attached hydrogen (secondary N) is 2. The molecule has 2 aromatic heterocycles. The lowest BCUT2D eigenvalue weighted by molar-refractivity contribution is 0.185. The van der Waals surface area contributed by atoms with Gasteiger partial charge in [0.2, 0.25) is 11.9 Å². The average Bonchev–Trinajstić information content (AvgIpc) is 3.44. The molecule has 2 heterocycles. The molecular weight excluding hydrogens is 414 g/mol. The summed E-state index contributed by atoms with van der Waals surface area (Å²) in [6, 6.07) is 4.22. The van der Waals surface area contributed by atoms with Crippen LogP contribution in [0.1, 0.15) is 57.4 Å². The molecule has 2 aliphatic carbocycles. The number of fused-ring (bicyclic) bond motifs is 1. The van der Waals surface area contributed by atoms with Gasteiger partial charge in [0.05, 0.1) is 6.20 Å². The summed E-state index contributed by atoms with van der Waals surface area (Å²) in [7, 11) is 0. The van der Waals surface area contributed by atoms with Crippen molar-refractivity contribution in [2.45, 2.75) is 63.5 Å². The number of aliphatic hydroxyl groups is 1. The SMILES string of the molecule is OCC1CCC(Nc2ncc3nc(Nc4c(F)cccc4F)n(C4CCCC4)c3n2)CC1. The van der Waals surface area contributed by atoms with Gasteiger partial charge >= 0.3 is 0 Å². The van der Waals surface area contributed by atoms with E-state index in [2.05, 4.69) is 20.6 Å². The minimum absolute atomic E-state index is 0.167. The minimum atomic E-state index is -0.665. The van der Waals surface area contributed by atoms with Gasteiger partial charge in [-0.05, 0) is 56.6 Å². The Balaban J connectivity index is 1.47. The summed E-state index contributed by atoms with van der Waals surface area (Å²) < 4.78 is 30.5. The van der Waals surface area contributed by atoms with Crippen LogP contribution in [0.2, 0.25) is 0 Å². The predicted octanol–water partition coefficient (Wildman–Crippen LogP) is 4.93. The first kappa shape index (κ1) is 21.1. The van der Waals surface area contributed by atoms with Crippen LogP contribution >= 0.6 is 0 Å². The third-order valence-electron chi connectivity index (χ3n) is 6.76. The van der Waals surface area contributed by atoms with Crippen molar-refractivity contribution in [3.8, 4) is 0 Å². The first-order chi connectivity index (χ1) is 15.6. The molecule has 1 aromatic carbocycles. The van der Waals surface area contributed by atoms with E-state index in [0.717, 1.165) is 51.4 Å². The van der Waals surface area contributed by atoms with Crippen LogP contribution in [0.4, 0.5) is 26.4 Å². The molecule has 0 radical (unpaired) electrons. The normalized spacial score (nSPS) is 21.8. The van der Waals surface area contributed by atoms with Crippen molar-refractivity contribution in [2.24, 2.45) is 5.92 Å². The number of para-hydroxylation sites is 1. The van der Waals surface area contributed by atoms with E-state index in [9.17, 15) is 13.9 Å². The number of hydrogen-bond acceptors (Lipinski definition) is 6. The Labute approximate surface area is 185 Å². The third kappa shape index (κ3) is 4.13. The fraction of sp³-hybridized carbons (Fsp3) is 0.522. The van der Waals surface area contributed by atoms with Crippen molar-refractivity contribution in [2.75, 3.05) is 17.2 Å². The molecule has 2 fully saturated rings. The standard InChI is InChI=1S/C23H28F2N6O/c24-17-6-3-7-18(25)20(17)29-23-28-19-12-26-22(27-15-10-8-14(13-32)9-11-15)30-21(19)31(23)16-4-1-2-5-16/h3,6-7,12,14-16,32H,1-2,4-5,8-11,13H2,(H,28,29)(H,26,27,30). The van der Waals surface area contributed by atoms with Crippen LogP contribution in [0.25, 0.3) is 11.2 Å². The molecule has 0 saturated heterocycles. The topological polar surface area (TPSA) is 87.9 Å². The number of imidazole rings is 1. The van der Waals surface area contributed by atoms with E-state index >= 15 is 0 Å². The summed E-state index contributed by atoms with van der Waals surface area (Å²) in [5.74, 6) is -0.0323. The highest BCUT2D eigenvalue weighted by Crippen LogP contribution is 2.36. The van der Waals surface area contributed by atoms with Crippen LogP contribution in [-0.2, 0) is 0 Å². The van der Waals surface area contributed by atoms with Crippen LogP contribution in [0.3, 0.4) is 0 Å². The second kappa shape index (κ2) is 8.97. The van der Waals surface area contributed by atoms with E-state index in [-0.39, 0.29) is 24.4 Å². The van der Waals surface area contributed by atoms with Gasteiger partial charge in [-0.15, -0.1) is 0 Å². The van der Waals surface area contributed by atoms with Gasteiger partial charge < -0.3 is 15.7 Å². The molecule has 32 heavy (non-hydrogen) atoms. The largest absolute Gasteiger partial charge is 0.396 e. The van der Waals surface area contributed by atoms with Gasteiger partial charge in [0.1, 0.15) is 22.8 Å². The van der Waals surface area contributed by atoms with Crippen molar-refractivity contribution >= 4 is 28.7 Å². The maximum Gasteiger partial charge on any atom is 0.224 e. The fourth-order valence-corrected chi connectivity index (χ4v) is 4.96. The summed E-state index contributed by atoms with van der Waals surface area (Å²) in [5, 5.41) is 15.7. The van der Waals surface area contributed by atoms with E-state index in [1.807, 2.05) is 4.57 Å². The predicted molar refractivity (Wildman–Crippen MR) is 119 cm³/mol. The van der Waals surface area contributed by atoms with Gasteiger partial charge in [-0.2, -0.15) is 4.98 Å². The van der Waals surface area contributed by atoms with E-state index < -0.39 is 11.6 Å². The fourth-order valence-electron chi connectivity index (χ4n) is 4.96. The molecule has 0 unspecified atom stereocenters. The molecule has 0 amide bonds. The van der Waals surface area contributed by atoms with Crippen molar-refractivity contribution in [1.82, 2.24) is 19.5 Å². The lowest BCUT2D eigenvalue weighted by Crippen LogP contribution is -2.28.